The average Bonchev–Trinajstić information content (AvgIpc) is 3.10. The molecule has 0 aliphatic carbocycles. The molecule has 1 saturated heterocycles. The number of benzene rings is 1. The number of nitrogens with zero attached hydrogens (tertiary/aromatic N) is 3. The molecule has 1 fully saturated rings. The van der Waals surface area contributed by atoms with Crippen LogP contribution >= 0.6 is 0 Å². The Hall–Kier alpha value is -2.50. The lowest BCUT2D eigenvalue weighted by Crippen LogP contribution is -2.53. The van der Waals surface area contributed by atoms with Crippen LogP contribution in [0.25, 0.3) is 11.0 Å². The minimum absolute atomic E-state index is 0.200. The summed E-state index contributed by atoms with van der Waals surface area (Å²) >= 11 is 0. The summed E-state index contributed by atoms with van der Waals surface area (Å²) in [6.07, 6.45) is 4.31. The van der Waals surface area contributed by atoms with E-state index in [4.69, 9.17) is 0 Å². The quantitative estimate of drug-likeness (QED) is 0.790. The molecule has 1 amide bonds. The second-order valence-electron chi connectivity index (χ2n) is 7.52. The number of aromatic nitrogens is 2. The highest BCUT2D eigenvalue weighted by Gasteiger charge is 2.40. The van der Waals surface area contributed by atoms with Crippen LogP contribution in [0.1, 0.15) is 51.2 Å². The molecule has 2 aromatic rings. The fourth-order valence-corrected chi connectivity index (χ4v) is 3.31. The second-order valence-corrected chi connectivity index (χ2v) is 7.52. The lowest BCUT2D eigenvalue weighted by Gasteiger charge is -2.35. The zero-order chi connectivity index (χ0) is 18.9. The first-order valence-corrected chi connectivity index (χ1v) is 9.18. The van der Waals surface area contributed by atoms with Crippen molar-refractivity contribution in [2.24, 2.45) is 5.41 Å². The number of rotatable bonds is 4. The number of amides is 1. The molecule has 1 unspecified atom stereocenters. The summed E-state index contributed by atoms with van der Waals surface area (Å²) < 4.78 is 1.50. The maximum Gasteiger partial charge on any atom is 0.291 e. The van der Waals surface area contributed by atoms with Gasteiger partial charge in [-0.2, -0.15) is 0 Å². The van der Waals surface area contributed by atoms with E-state index >= 15 is 0 Å². The van der Waals surface area contributed by atoms with Crippen molar-refractivity contribution in [2.75, 3.05) is 6.54 Å². The van der Waals surface area contributed by atoms with Gasteiger partial charge in [-0.1, -0.05) is 32.9 Å². The van der Waals surface area contributed by atoms with Crippen LogP contribution in [-0.2, 0) is 9.59 Å². The monoisotopic (exact) mass is 355 g/mol. The van der Waals surface area contributed by atoms with Gasteiger partial charge in [0.25, 0.3) is 11.8 Å². The summed E-state index contributed by atoms with van der Waals surface area (Å²) in [6.45, 7) is 5.88. The zero-order valence-electron chi connectivity index (χ0n) is 15.6. The Morgan fingerprint density at radius 1 is 1.19 bits per heavy atom. The Morgan fingerprint density at radius 3 is 2.65 bits per heavy atom. The van der Waals surface area contributed by atoms with Crippen LogP contribution in [0.15, 0.2) is 30.6 Å². The molecule has 6 heteroatoms. The van der Waals surface area contributed by atoms with Gasteiger partial charge in [-0.3, -0.25) is 19.0 Å². The van der Waals surface area contributed by atoms with E-state index in [0.29, 0.717) is 19.4 Å². The van der Waals surface area contributed by atoms with Crippen molar-refractivity contribution in [2.45, 2.75) is 52.5 Å². The molecule has 1 aliphatic rings. The standard InChI is InChI=1S/C20H25N3O3/c1-4-20(2,3)17(24)19(26)22-12-8-7-11-16(22)18(25)23-13-21-14-9-5-6-10-15(14)23/h5-6,9-10,13,16H,4,7-8,11-12H2,1-3H3. The van der Waals surface area contributed by atoms with Crippen molar-refractivity contribution in [1.29, 1.82) is 0 Å². The van der Waals surface area contributed by atoms with E-state index in [0.717, 1.165) is 23.9 Å². The van der Waals surface area contributed by atoms with Crippen molar-refractivity contribution in [3.8, 4) is 0 Å². The summed E-state index contributed by atoms with van der Waals surface area (Å²) in [6, 6.07) is 6.78. The van der Waals surface area contributed by atoms with Crippen LogP contribution < -0.4 is 0 Å². The predicted octanol–water partition coefficient (Wildman–Crippen LogP) is 3.06. The smallest absolute Gasteiger partial charge is 0.291 e. The third kappa shape index (κ3) is 3.16. The third-order valence-corrected chi connectivity index (χ3v) is 5.43. The molecule has 3 rings (SSSR count). The van der Waals surface area contributed by atoms with Crippen molar-refractivity contribution in [1.82, 2.24) is 14.5 Å². The number of Topliss-reactive ketones (excluding diaryl/α,β-unsaturated/α-hetero) is 1. The van der Waals surface area contributed by atoms with Gasteiger partial charge in [-0.25, -0.2) is 4.98 Å². The maximum absolute atomic E-state index is 13.1. The summed E-state index contributed by atoms with van der Waals surface area (Å²) in [5.41, 5.74) is 0.734. The van der Waals surface area contributed by atoms with Crippen molar-refractivity contribution < 1.29 is 14.4 Å². The number of likely N-dealkylation sites (tertiary alicyclic amines) is 1. The summed E-state index contributed by atoms with van der Waals surface area (Å²) in [7, 11) is 0. The molecule has 1 atom stereocenters. The van der Waals surface area contributed by atoms with Gasteiger partial charge in [0, 0.05) is 12.0 Å². The molecule has 138 valence electrons. The van der Waals surface area contributed by atoms with Crippen molar-refractivity contribution in [3.05, 3.63) is 30.6 Å². The maximum atomic E-state index is 13.1. The molecule has 0 spiro atoms. The number of carbonyl (C=O) groups excluding carboxylic acids is 3. The molecular formula is C20H25N3O3. The van der Waals surface area contributed by atoms with E-state index in [2.05, 4.69) is 4.98 Å². The number of carbonyl (C=O) groups is 3. The molecule has 0 radical (unpaired) electrons. The molecule has 2 heterocycles. The number of fused-ring (bicyclic) bond motifs is 1. The molecule has 1 aromatic heterocycles. The van der Waals surface area contributed by atoms with Gasteiger partial charge >= 0.3 is 0 Å². The minimum Gasteiger partial charge on any atom is -0.324 e. The SMILES string of the molecule is CCC(C)(C)C(=O)C(=O)N1CCCCC1C(=O)n1cnc2ccccc21. The molecule has 6 nitrogen and oxygen atoms in total. The van der Waals surface area contributed by atoms with Gasteiger partial charge in [0.05, 0.1) is 11.0 Å². The van der Waals surface area contributed by atoms with Crippen LogP contribution in [0.4, 0.5) is 0 Å². The second kappa shape index (κ2) is 7.02. The number of piperidine rings is 1. The molecule has 0 saturated carbocycles. The van der Waals surface area contributed by atoms with E-state index < -0.39 is 23.1 Å². The van der Waals surface area contributed by atoms with Crippen LogP contribution in [0.5, 0.6) is 0 Å². The molecule has 26 heavy (non-hydrogen) atoms. The number of imidazole rings is 1. The minimum atomic E-state index is -0.718. The zero-order valence-corrected chi connectivity index (χ0v) is 15.6. The van der Waals surface area contributed by atoms with E-state index in [1.54, 1.807) is 13.8 Å². The number of ketones is 1. The predicted molar refractivity (Wildman–Crippen MR) is 98.8 cm³/mol. The van der Waals surface area contributed by atoms with Gasteiger partial charge in [0.1, 0.15) is 12.4 Å². The first-order valence-electron chi connectivity index (χ1n) is 9.18. The highest BCUT2D eigenvalue weighted by atomic mass is 16.2. The lowest BCUT2D eigenvalue weighted by molar-refractivity contribution is -0.151. The molecule has 1 aliphatic heterocycles. The van der Waals surface area contributed by atoms with Gasteiger partial charge in [0.2, 0.25) is 5.78 Å². The summed E-state index contributed by atoms with van der Waals surface area (Å²) in [5.74, 6) is -1.16. The average molecular weight is 355 g/mol. The van der Waals surface area contributed by atoms with Crippen LogP contribution in [0.3, 0.4) is 0 Å². The van der Waals surface area contributed by atoms with E-state index in [-0.39, 0.29) is 5.91 Å². The number of hydrogen-bond donors (Lipinski definition) is 0. The highest BCUT2D eigenvalue weighted by Crippen LogP contribution is 2.26. The molecule has 0 bridgehead atoms. The first-order chi connectivity index (χ1) is 12.4. The lowest BCUT2D eigenvalue weighted by atomic mass is 9.84. The fourth-order valence-electron chi connectivity index (χ4n) is 3.31. The third-order valence-electron chi connectivity index (χ3n) is 5.43. The van der Waals surface area contributed by atoms with Crippen molar-refractivity contribution in [3.63, 3.8) is 0 Å². The topological polar surface area (TPSA) is 72.3 Å². The molecule has 1 aromatic carbocycles. The normalized spacial score (nSPS) is 18.1. The Bertz CT molecular complexity index is 853. The summed E-state index contributed by atoms with van der Waals surface area (Å²) in [4.78, 5) is 44.4. The largest absolute Gasteiger partial charge is 0.324 e. The van der Waals surface area contributed by atoms with E-state index in [9.17, 15) is 14.4 Å². The Kier molecular flexibility index (Phi) is 4.94. The number of hydrogen-bond acceptors (Lipinski definition) is 4. The van der Waals surface area contributed by atoms with E-state index in [1.165, 1.54) is 15.8 Å². The van der Waals surface area contributed by atoms with Gasteiger partial charge in [-0.15, -0.1) is 0 Å². The Morgan fingerprint density at radius 2 is 1.92 bits per heavy atom. The van der Waals surface area contributed by atoms with E-state index in [1.807, 2.05) is 31.2 Å². The summed E-state index contributed by atoms with van der Waals surface area (Å²) in [5, 5.41) is 0. The van der Waals surface area contributed by atoms with Crippen LogP contribution in [0.2, 0.25) is 0 Å². The fraction of sp³-hybridized carbons (Fsp3) is 0.500. The van der Waals surface area contributed by atoms with Gasteiger partial charge in [0.15, 0.2) is 0 Å². The molecular weight excluding hydrogens is 330 g/mol. The highest BCUT2D eigenvalue weighted by molar-refractivity contribution is 6.38. The van der Waals surface area contributed by atoms with Gasteiger partial charge < -0.3 is 4.90 Å². The van der Waals surface area contributed by atoms with Crippen molar-refractivity contribution >= 4 is 28.6 Å². The van der Waals surface area contributed by atoms with Crippen LogP contribution in [-0.4, -0.2) is 44.6 Å². The Labute approximate surface area is 153 Å². The molecule has 0 N–H and O–H groups in total. The van der Waals surface area contributed by atoms with Crippen LogP contribution in [0, 0.1) is 5.41 Å². The van der Waals surface area contributed by atoms with Gasteiger partial charge in [-0.05, 0) is 37.8 Å². The first kappa shape index (κ1) is 18.3. The Balaban J connectivity index is 1.90. The number of para-hydroxylation sites is 2.